The van der Waals surface area contributed by atoms with E-state index in [1.807, 2.05) is 12.1 Å². The van der Waals surface area contributed by atoms with Crippen LogP contribution >= 0.6 is 11.3 Å². The van der Waals surface area contributed by atoms with Gasteiger partial charge in [0.25, 0.3) is 11.6 Å². The summed E-state index contributed by atoms with van der Waals surface area (Å²) < 4.78 is 5.33. The van der Waals surface area contributed by atoms with Crippen LogP contribution in [0.25, 0.3) is 33.1 Å². The second kappa shape index (κ2) is 7.63. The number of benzene rings is 2. The molecule has 32 heavy (non-hydrogen) atoms. The Balaban J connectivity index is 1.35. The Morgan fingerprint density at radius 2 is 2.00 bits per heavy atom. The summed E-state index contributed by atoms with van der Waals surface area (Å²) in [7, 11) is 0. The molecule has 11 heteroatoms. The van der Waals surface area contributed by atoms with Gasteiger partial charge in [-0.25, -0.2) is 9.78 Å². The number of para-hydroxylation sites is 1. The third-order valence-corrected chi connectivity index (χ3v) is 5.54. The van der Waals surface area contributed by atoms with Gasteiger partial charge in [0.15, 0.2) is 0 Å². The number of aromatic nitrogens is 2. The van der Waals surface area contributed by atoms with Gasteiger partial charge in [-0.05, 0) is 24.3 Å². The summed E-state index contributed by atoms with van der Waals surface area (Å²) in [6.45, 7) is 0. The zero-order valence-electron chi connectivity index (χ0n) is 16.1. The van der Waals surface area contributed by atoms with E-state index in [1.165, 1.54) is 29.5 Å². The first-order valence-electron chi connectivity index (χ1n) is 9.31. The summed E-state index contributed by atoms with van der Waals surface area (Å²) in [6, 6.07) is 14.8. The fourth-order valence-corrected chi connectivity index (χ4v) is 3.96. The number of nitro benzene ring substituents is 1. The van der Waals surface area contributed by atoms with E-state index in [0.29, 0.717) is 32.9 Å². The first-order valence-corrected chi connectivity index (χ1v) is 10.2. The van der Waals surface area contributed by atoms with Gasteiger partial charge in [0.1, 0.15) is 11.3 Å². The number of anilines is 1. The normalized spacial score (nSPS) is 11.0. The van der Waals surface area contributed by atoms with Crippen LogP contribution < -0.4 is 16.5 Å². The van der Waals surface area contributed by atoms with Crippen molar-refractivity contribution in [3.63, 3.8) is 0 Å². The van der Waals surface area contributed by atoms with E-state index in [2.05, 4.69) is 20.8 Å². The van der Waals surface area contributed by atoms with E-state index in [0.717, 1.165) is 5.39 Å². The third-order valence-electron chi connectivity index (χ3n) is 4.79. The number of hydrogen-bond donors (Lipinski definition) is 3. The highest BCUT2D eigenvalue weighted by Crippen LogP contribution is 2.27. The Morgan fingerprint density at radius 3 is 2.84 bits per heavy atom. The van der Waals surface area contributed by atoms with Gasteiger partial charge in [-0.2, -0.15) is 0 Å². The van der Waals surface area contributed by atoms with E-state index >= 15 is 0 Å². The van der Waals surface area contributed by atoms with Crippen LogP contribution in [-0.4, -0.2) is 20.8 Å². The van der Waals surface area contributed by atoms with Crippen LogP contribution in [0.5, 0.6) is 0 Å². The molecule has 0 aliphatic carbocycles. The lowest BCUT2D eigenvalue weighted by atomic mass is 10.1. The fourth-order valence-electron chi connectivity index (χ4n) is 3.29. The van der Waals surface area contributed by atoms with Crippen molar-refractivity contribution >= 4 is 49.9 Å². The van der Waals surface area contributed by atoms with Crippen LogP contribution in [0.3, 0.4) is 0 Å². The number of nitrogens with zero attached hydrogens (tertiary/aromatic N) is 2. The molecule has 5 aromatic rings. The lowest BCUT2D eigenvalue weighted by Crippen LogP contribution is -2.29. The topological polar surface area (TPSA) is 143 Å². The predicted molar refractivity (Wildman–Crippen MR) is 120 cm³/mol. The average Bonchev–Trinajstić information content (AvgIpc) is 3.44. The average molecular weight is 447 g/mol. The summed E-state index contributed by atoms with van der Waals surface area (Å²) in [6.07, 6.45) is 0. The number of carbonyl (C=O) groups excluding carboxylic acids is 1. The van der Waals surface area contributed by atoms with Crippen LogP contribution in [-0.2, 0) is 0 Å². The molecule has 0 aliphatic rings. The van der Waals surface area contributed by atoms with Gasteiger partial charge in [-0.3, -0.25) is 25.8 Å². The predicted octanol–water partition coefficient (Wildman–Crippen LogP) is 4.06. The molecule has 5 rings (SSSR count). The molecule has 1 amide bonds. The lowest BCUT2D eigenvalue weighted by molar-refractivity contribution is -0.383. The van der Waals surface area contributed by atoms with Crippen LogP contribution in [0.15, 0.2) is 69.2 Å². The number of hydrogen-bond acceptors (Lipinski definition) is 8. The molecule has 0 atom stereocenters. The standard InChI is InChI=1S/C21H13N5O5S/c27-19(15-9-12-14(22-15)5-3-6-17(12)26(29)30)24-25-21-23-16(10-32-21)13-8-11-4-1-2-7-18(11)31-20(13)28/h1-10,22H,(H,23,25)(H,24,27). The maximum Gasteiger partial charge on any atom is 0.345 e. The van der Waals surface area contributed by atoms with Crippen molar-refractivity contribution in [2.75, 3.05) is 5.43 Å². The molecule has 0 saturated carbocycles. The number of amides is 1. The second-order valence-electron chi connectivity index (χ2n) is 6.78. The number of nitro groups is 1. The second-order valence-corrected chi connectivity index (χ2v) is 7.64. The first-order chi connectivity index (χ1) is 15.5. The molecule has 3 aromatic heterocycles. The number of fused-ring (bicyclic) bond motifs is 2. The molecule has 0 bridgehead atoms. The maximum atomic E-state index is 12.5. The summed E-state index contributed by atoms with van der Waals surface area (Å²) in [4.78, 5) is 42.6. The molecule has 0 saturated heterocycles. The largest absolute Gasteiger partial charge is 0.422 e. The molecule has 0 fully saturated rings. The van der Waals surface area contributed by atoms with Gasteiger partial charge >= 0.3 is 5.63 Å². The molecule has 158 valence electrons. The van der Waals surface area contributed by atoms with Gasteiger partial charge in [0.2, 0.25) is 5.13 Å². The van der Waals surface area contributed by atoms with Crippen LogP contribution in [0.2, 0.25) is 0 Å². The summed E-state index contributed by atoms with van der Waals surface area (Å²) in [5, 5.41) is 14.3. The molecule has 3 heterocycles. The molecule has 0 unspecified atom stereocenters. The molecule has 3 N–H and O–H groups in total. The highest BCUT2D eigenvalue weighted by molar-refractivity contribution is 7.14. The number of aromatic amines is 1. The van der Waals surface area contributed by atoms with Crippen molar-refractivity contribution in [2.45, 2.75) is 0 Å². The Bertz CT molecular complexity index is 1570. The Kier molecular flexibility index (Phi) is 4.64. The molecule has 0 aliphatic heterocycles. The number of thiazole rings is 1. The molecule has 0 radical (unpaired) electrons. The van der Waals surface area contributed by atoms with Gasteiger partial charge in [-0.15, -0.1) is 11.3 Å². The molecule has 2 aromatic carbocycles. The van der Waals surface area contributed by atoms with E-state index in [-0.39, 0.29) is 11.4 Å². The van der Waals surface area contributed by atoms with E-state index in [9.17, 15) is 19.7 Å². The van der Waals surface area contributed by atoms with Crippen molar-refractivity contribution in [1.29, 1.82) is 0 Å². The van der Waals surface area contributed by atoms with Crippen molar-refractivity contribution < 1.29 is 14.1 Å². The number of hydrazine groups is 1. The molecular weight excluding hydrogens is 434 g/mol. The fraction of sp³-hybridized carbons (Fsp3) is 0. The van der Waals surface area contributed by atoms with Gasteiger partial charge < -0.3 is 9.40 Å². The SMILES string of the molecule is O=C(NNc1nc(-c2cc3ccccc3oc2=O)cs1)c1cc2c([N+](=O)[O-])cccc2[nH]1. The van der Waals surface area contributed by atoms with Crippen molar-refractivity contribution in [3.8, 4) is 11.3 Å². The Hall–Kier alpha value is -4.51. The van der Waals surface area contributed by atoms with E-state index in [4.69, 9.17) is 4.42 Å². The summed E-state index contributed by atoms with van der Waals surface area (Å²) >= 11 is 1.19. The number of nitrogens with one attached hydrogen (secondary N) is 3. The molecular formula is C21H13N5O5S. The Labute approximate surface area is 182 Å². The monoisotopic (exact) mass is 447 g/mol. The minimum absolute atomic E-state index is 0.0930. The van der Waals surface area contributed by atoms with Crippen LogP contribution in [0.4, 0.5) is 10.8 Å². The number of H-pyrrole nitrogens is 1. The highest BCUT2D eigenvalue weighted by atomic mass is 32.1. The van der Waals surface area contributed by atoms with Crippen LogP contribution in [0, 0.1) is 10.1 Å². The number of carbonyl (C=O) groups is 1. The number of non-ortho nitro benzene ring substituents is 1. The van der Waals surface area contributed by atoms with Crippen molar-refractivity contribution in [3.05, 3.63) is 86.2 Å². The van der Waals surface area contributed by atoms with Crippen LogP contribution in [0.1, 0.15) is 10.5 Å². The molecule has 0 spiro atoms. The van der Waals surface area contributed by atoms with Gasteiger partial charge in [-0.1, -0.05) is 24.3 Å². The van der Waals surface area contributed by atoms with Gasteiger partial charge in [0, 0.05) is 16.8 Å². The third kappa shape index (κ3) is 3.46. The summed E-state index contributed by atoms with van der Waals surface area (Å²) in [5.41, 5.74) is 6.41. The quantitative estimate of drug-likeness (QED) is 0.209. The van der Waals surface area contributed by atoms with E-state index in [1.54, 1.807) is 29.6 Å². The number of rotatable bonds is 5. The van der Waals surface area contributed by atoms with Gasteiger partial charge in [0.05, 0.1) is 27.1 Å². The Morgan fingerprint density at radius 1 is 1.16 bits per heavy atom. The van der Waals surface area contributed by atoms with Crippen molar-refractivity contribution in [1.82, 2.24) is 15.4 Å². The zero-order valence-corrected chi connectivity index (χ0v) is 16.9. The highest BCUT2D eigenvalue weighted by Gasteiger charge is 2.17. The first kappa shape index (κ1) is 19.5. The zero-order chi connectivity index (χ0) is 22.2. The summed E-state index contributed by atoms with van der Waals surface area (Å²) in [5.74, 6) is -0.530. The minimum Gasteiger partial charge on any atom is -0.422 e. The smallest absolute Gasteiger partial charge is 0.345 e. The van der Waals surface area contributed by atoms with Crippen molar-refractivity contribution in [2.24, 2.45) is 0 Å². The maximum absolute atomic E-state index is 12.5. The minimum atomic E-state index is -0.530. The lowest BCUT2D eigenvalue weighted by Gasteiger charge is -2.03. The van der Waals surface area contributed by atoms with E-state index < -0.39 is 16.5 Å². The molecule has 10 nitrogen and oxygen atoms in total.